The summed E-state index contributed by atoms with van der Waals surface area (Å²) in [6, 6.07) is 11.6. The van der Waals surface area contributed by atoms with Crippen LogP contribution in [0.3, 0.4) is 0 Å². The molecule has 0 aliphatic carbocycles. The monoisotopic (exact) mass is 185 g/mol. The van der Waals surface area contributed by atoms with E-state index < -0.39 is 0 Å². The van der Waals surface area contributed by atoms with Gasteiger partial charge in [-0.3, -0.25) is 4.79 Å². The van der Waals surface area contributed by atoms with Crippen molar-refractivity contribution in [2.24, 2.45) is 0 Å². The largest absolute Gasteiger partial charge is 0.388 e. The lowest BCUT2D eigenvalue weighted by atomic mass is 10.0. The lowest BCUT2D eigenvalue weighted by Crippen LogP contribution is -1.91. The summed E-state index contributed by atoms with van der Waals surface area (Å²) in [6.07, 6.45) is 0.891. The summed E-state index contributed by atoms with van der Waals surface area (Å²) in [6.45, 7) is 0. The van der Waals surface area contributed by atoms with Crippen LogP contribution in [0.5, 0.6) is 0 Å². The molecule has 2 heteroatoms. The van der Waals surface area contributed by atoms with Crippen molar-refractivity contribution in [3.05, 3.63) is 42.0 Å². The number of rotatable bonds is 2. The number of aldehydes is 1. The highest BCUT2D eigenvalue weighted by molar-refractivity contribution is 6.03. The van der Waals surface area contributed by atoms with E-state index in [1.165, 1.54) is 0 Å². The third-order valence-corrected chi connectivity index (χ3v) is 2.35. The molecule has 0 aliphatic heterocycles. The van der Waals surface area contributed by atoms with Gasteiger partial charge in [0.05, 0.1) is 0 Å². The van der Waals surface area contributed by atoms with Crippen LogP contribution < -0.4 is 5.32 Å². The van der Waals surface area contributed by atoms with E-state index in [1.54, 1.807) is 0 Å². The Morgan fingerprint density at radius 1 is 1.07 bits per heavy atom. The second kappa shape index (κ2) is 3.50. The van der Waals surface area contributed by atoms with E-state index in [2.05, 4.69) is 5.32 Å². The molecule has 1 N–H and O–H groups in total. The van der Waals surface area contributed by atoms with E-state index >= 15 is 0 Å². The van der Waals surface area contributed by atoms with Gasteiger partial charge in [-0.2, -0.15) is 0 Å². The number of anilines is 1. The fraction of sp³-hybridized carbons (Fsp3) is 0.0833. The first-order valence-corrected chi connectivity index (χ1v) is 4.51. The molecule has 2 aromatic carbocycles. The van der Waals surface area contributed by atoms with E-state index in [-0.39, 0.29) is 0 Å². The molecule has 2 rings (SSSR count). The van der Waals surface area contributed by atoms with Gasteiger partial charge in [0.25, 0.3) is 0 Å². The molecule has 70 valence electrons. The van der Waals surface area contributed by atoms with Crippen LogP contribution in [-0.4, -0.2) is 13.3 Å². The minimum atomic E-state index is 0.736. The summed E-state index contributed by atoms with van der Waals surface area (Å²) in [4.78, 5) is 10.8. The van der Waals surface area contributed by atoms with E-state index in [0.29, 0.717) is 0 Å². The van der Waals surface area contributed by atoms with Crippen LogP contribution in [0.25, 0.3) is 10.8 Å². The van der Waals surface area contributed by atoms with Gasteiger partial charge in [0.15, 0.2) is 6.29 Å². The average molecular weight is 185 g/mol. The maximum atomic E-state index is 10.8. The third kappa shape index (κ3) is 1.25. The molecule has 2 nitrogen and oxygen atoms in total. The van der Waals surface area contributed by atoms with Gasteiger partial charge in [0, 0.05) is 23.7 Å². The lowest BCUT2D eigenvalue weighted by molar-refractivity contribution is 0.112. The van der Waals surface area contributed by atoms with Gasteiger partial charge >= 0.3 is 0 Å². The van der Waals surface area contributed by atoms with Crippen molar-refractivity contribution in [3.8, 4) is 0 Å². The quantitative estimate of drug-likeness (QED) is 0.729. The number of carbonyl (C=O) groups excluding carboxylic acids is 1. The van der Waals surface area contributed by atoms with Crippen molar-refractivity contribution in [1.29, 1.82) is 0 Å². The zero-order chi connectivity index (χ0) is 9.97. The van der Waals surface area contributed by atoms with Gasteiger partial charge < -0.3 is 5.32 Å². The molecule has 14 heavy (non-hydrogen) atoms. The van der Waals surface area contributed by atoms with E-state index in [1.807, 2.05) is 43.4 Å². The van der Waals surface area contributed by atoms with Crippen LogP contribution in [0.4, 0.5) is 5.69 Å². The van der Waals surface area contributed by atoms with Crippen LogP contribution >= 0.6 is 0 Å². The van der Waals surface area contributed by atoms with Crippen molar-refractivity contribution >= 4 is 22.7 Å². The highest BCUT2D eigenvalue weighted by atomic mass is 16.1. The molecule has 0 spiro atoms. The number of benzene rings is 2. The average Bonchev–Trinajstić information content (AvgIpc) is 2.27. The predicted molar refractivity (Wildman–Crippen MR) is 58.9 cm³/mol. The molecule has 0 bridgehead atoms. The Morgan fingerprint density at radius 2 is 1.79 bits per heavy atom. The molecule has 0 unspecified atom stereocenters. The number of hydrogen-bond acceptors (Lipinski definition) is 2. The van der Waals surface area contributed by atoms with E-state index in [0.717, 1.165) is 28.3 Å². The molecule has 0 amide bonds. The molecular weight excluding hydrogens is 174 g/mol. The Labute approximate surface area is 82.6 Å². The molecule has 0 aliphatic rings. The van der Waals surface area contributed by atoms with Gasteiger partial charge in [0.2, 0.25) is 0 Å². The smallest absolute Gasteiger partial charge is 0.150 e. The minimum Gasteiger partial charge on any atom is -0.388 e. The zero-order valence-corrected chi connectivity index (χ0v) is 7.95. The number of carbonyl (C=O) groups is 1. The zero-order valence-electron chi connectivity index (χ0n) is 7.95. The fourth-order valence-electron chi connectivity index (χ4n) is 1.64. The van der Waals surface area contributed by atoms with Gasteiger partial charge in [0.1, 0.15) is 0 Å². The Bertz CT molecular complexity index is 477. The summed E-state index contributed by atoms with van der Waals surface area (Å²) < 4.78 is 0. The Balaban J connectivity index is 2.84. The molecule has 0 radical (unpaired) electrons. The van der Waals surface area contributed by atoms with Gasteiger partial charge in [-0.1, -0.05) is 24.3 Å². The number of fused-ring (bicyclic) bond motifs is 1. The molecule has 0 fully saturated rings. The van der Waals surface area contributed by atoms with E-state index in [9.17, 15) is 4.79 Å². The van der Waals surface area contributed by atoms with Crippen molar-refractivity contribution in [2.75, 3.05) is 12.4 Å². The molecular formula is C12H11NO. The minimum absolute atomic E-state index is 0.736. The summed E-state index contributed by atoms with van der Waals surface area (Å²) in [7, 11) is 1.88. The Morgan fingerprint density at radius 3 is 2.43 bits per heavy atom. The standard InChI is InChI=1S/C12H11NO/c1-13-12-7-6-9(8-14)10-4-2-3-5-11(10)12/h2-8,13H,1H3. The molecule has 0 saturated heterocycles. The lowest BCUT2D eigenvalue weighted by Gasteiger charge is -2.06. The van der Waals surface area contributed by atoms with Crippen LogP contribution in [0.2, 0.25) is 0 Å². The Kier molecular flexibility index (Phi) is 2.19. The molecule has 2 aromatic rings. The highest BCUT2D eigenvalue weighted by Gasteiger charge is 2.02. The first kappa shape index (κ1) is 8.75. The topological polar surface area (TPSA) is 29.1 Å². The third-order valence-electron chi connectivity index (χ3n) is 2.35. The van der Waals surface area contributed by atoms with Gasteiger partial charge in [-0.15, -0.1) is 0 Å². The van der Waals surface area contributed by atoms with Gasteiger partial charge in [-0.05, 0) is 17.5 Å². The normalized spacial score (nSPS) is 10.1. The van der Waals surface area contributed by atoms with Crippen LogP contribution in [0, 0.1) is 0 Å². The summed E-state index contributed by atoms with van der Waals surface area (Å²) in [5.74, 6) is 0. The summed E-state index contributed by atoms with van der Waals surface area (Å²) >= 11 is 0. The van der Waals surface area contributed by atoms with Crippen LogP contribution in [0.15, 0.2) is 36.4 Å². The molecule has 0 saturated carbocycles. The second-order valence-electron chi connectivity index (χ2n) is 3.12. The SMILES string of the molecule is CNc1ccc(C=O)c2ccccc12. The highest BCUT2D eigenvalue weighted by Crippen LogP contribution is 2.25. The van der Waals surface area contributed by atoms with Crippen LogP contribution in [0.1, 0.15) is 10.4 Å². The van der Waals surface area contributed by atoms with Gasteiger partial charge in [-0.25, -0.2) is 0 Å². The maximum Gasteiger partial charge on any atom is 0.150 e. The first-order valence-electron chi connectivity index (χ1n) is 4.51. The maximum absolute atomic E-state index is 10.8. The van der Waals surface area contributed by atoms with Crippen molar-refractivity contribution in [2.45, 2.75) is 0 Å². The molecule has 0 atom stereocenters. The number of hydrogen-bond donors (Lipinski definition) is 1. The van der Waals surface area contributed by atoms with Crippen molar-refractivity contribution < 1.29 is 4.79 Å². The number of nitrogens with one attached hydrogen (secondary N) is 1. The first-order chi connectivity index (χ1) is 6.86. The molecule has 0 aromatic heterocycles. The molecule has 0 heterocycles. The fourth-order valence-corrected chi connectivity index (χ4v) is 1.64. The predicted octanol–water partition coefficient (Wildman–Crippen LogP) is 2.69. The van der Waals surface area contributed by atoms with Crippen molar-refractivity contribution in [1.82, 2.24) is 0 Å². The summed E-state index contributed by atoms with van der Waals surface area (Å²) in [5, 5.41) is 5.18. The summed E-state index contributed by atoms with van der Waals surface area (Å²) in [5.41, 5.74) is 1.78. The van der Waals surface area contributed by atoms with Crippen LogP contribution in [-0.2, 0) is 0 Å². The van der Waals surface area contributed by atoms with E-state index in [4.69, 9.17) is 0 Å². The second-order valence-corrected chi connectivity index (χ2v) is 3.12. The Hall–Kier alpha value is -1.83. The van der Waals surface area contributed by atoms with Crippen molar-refractivity contribution in [3.63, 3.8) is 0 Å².